The van der Waals surface area contributed by atoms with Crippen LogP contribution in [0.4, 0.5) is 10.2 Å². The second-order valence-electron chi connectivity index (χ2n) is 11.1. The van der Waals surface area contributed by atoms with Gasteiger partial charge in [-0.2, -0.15) is 10.4 Å². The highest BCUT2D eigenvalue weighted by atomic mass is 19.1. The van der Waals surface area contributed by atoms with Crippen molar-refractivity contribution < 1.29 is 19.0 Å². The number of hydrogen-bond donors (Lipinski definition) is 2. The number of nitrogen functional groups attached to an aromatic ring is 1. The van der Waals surface area contributed by atoms with E-state index in [1.807, 2.05) is 26.8 Å². The standard InChI is InChI=1S/C30H30FN7O3/c1-30(2,3)14-18(15-32)29(40)37-11-5-6-19(16-37)38-28-25(27(33)34-17-35-28)26(36-38)23-10-9-22(13-24(23)31)41-21-8-4-7-20(39)12-21/h4,7-10,12-14,17,19,39H,5-6,11,16H2,1-3H3,(H2,33,34,35). The monoisotopic (exact) mass is 555 g/mol. The minimum Gasteiger partial charge on any atom is -0.508 e. The molecule has 0 aliphatic carbocycles. The summed E-state index contributed by atoms with van der Waals surface area (Å²) in [4.78, 5) is 23.4. The number of benzene rings is 2. The Balaban J connectivity index is 1.49. The van der Waals surface area contributed by atoms with Crippen molar-refractivity contribution in [3.8, 4) is 34.6 Å². The van der Waals surface area contributed by atoms with Gasteiger partial charge in [0.1, 0.15) is 52.5 Å². The summed E-state index contributed by atoms with van der Waals surface area (Å²) in [5.41, 5.74) is 6.90. The first kappa shape index (κ1) is 27.6. The number of piperidine rings is 1. The highest BCUT2D eigenvalue weighted by Gasteiger charge is 2.31. The lowest BCUT2D eigenvalue weighted by atomic mass is 9.93. The first-order chi connectivity index (χ1) is 19.5. The molecule has 2 aromatic heterocycles. The number of halogens is 1. The van der Waals surface area contributed by atoms with E-state index >= 15 is 4.39 Å². The number of hydrogen-bond acceptors (Lipinski definition) is 8. The van der Waals surface area contributed by atoms with Crippen LogP contribution < -0.4 is 10.5 Å². The number of nitriles is 1. The number of fused-ring (bicyclic) bond motifs is 1. The molecule has 0 saturated carbocycles. The van der Waals surface area contributed by atoms with E-state index in [0.29, 0.717) is 42.7 Å². The number of aromatic hydroxyl groups is 1. The van der Waals surface area contributed by atoms with Crippen LogP contribution in [-0.4, -0.2) is 48.8 Å². The van der Waals surface area contributed by atoms with E-state index in [-0.39, 0.29) is 51.5 Å². The normalized spacial score (nSPS) is 16.0. The topological polar surface area (TPSA) is 143 Å². The van der Waals surface area contributed by atoms with Gasteiger partial charge >= 0.3 is 0 Å². The maximum absolute atomic E-state index is 15.5. The predicted octanol–water partition coefficient (Wildman–Crippen LogP) is 5.37. The van der Waals surface area contributed by atoms with Crippen molar-refractivity contribution in [2.24, 2.45) is 5.41 Å². The van der Waals surface area contributed by atoms with Crippen molar-refractivity contribution in [2.45, 2.75) is 39.7 Å². The molecule has 1 amide bonds. The number of nitrogens with two attached hydrogens (primary N) is 1. The van der Waals surface area contributed by atoms with E-state index in [1.54, 1.807) is 39.9 Å². The highest BCUT2D eigenvalue weighted by molar-refractivity contribution is 5.99. The van der Waals surface area contributed by atoms with E-state index < -0.39 is 5.82 Å². The van der Waals surface area contributed by atoms with Crippen LogP contribution in [0.3, 0.4) is 0 Å². The molecule has 4 aromatic rings. The maximum atomic E-state index is 15.5. The largest absolute Gasteiger partial charge is 0.508 e. The molecule has 1 aliphatic heterocycles. The zero-order chi connectivity index (χ0) is 29.3. The summed E-state index contributed by atoms with van der Waals surface area (Å²) in [7, 11) is 0. The van der Waals surface area contributed by atoms with Gasteiger partial charge in [-0.1, -0.05) is 32.9 Å². The quantitative estimate of drug-likeness (QED) is 0.247. The van der Waals surface area contributed by atoms with E-state index in [9.17, 15) is 15.2 Å². The summed E-state index contributed by atoms with van der Waals surface area (Å²) in [6.45, 7) is 6.62. The lowest BCUT2D eigenvalue weighted by Crippen LogP contribution is -2.41. The SMILES string of the molecule is CC(C)(C)C=C(C#N)C(=O)N1CCCC(n2nc(-c3ccc(Oc4cccc(O)c4)cc3F)c3c(N)ncnc32)C1. The molecule has 1 atom stereocenters. The van der Waals surface area contributed by atoms with Crippen molar-refractivity contribution in [3.05, 3.63) is 66.3 Å². The van der Waals surface area contributed by atoms with Crippen molar-refractivity contribution in [1.82, 2.24) is 24.6 Å². The van der Waals surface area contributed by atoms with Crippen LogP contribution in [0.5, 0.6) is 17.2 Å². The molecule has 3 N–H and O–H groups in total. The van der Waals surface area contributed by atoms with E-state index in [0.717, 1.165) is 0 Å². The molecule has 1 saturated heterocycles. The number of ether oxygens (including phenoxy) is 1. The number of phenolic OH excluding ortho intramolecular Hbond substituents is 1. The minimum absolute atomic E-state index is 0.0316. The average Bonchev–Trinajstić information content (AvgIpc) is 3.32. The third-order valence-corrected chi connectivity index (χ3v) is 6.72. The number of nitrogens with zero attached hydrogens (tertiary/aromatic N) is 6. The highest BCUT2D eigenvalue weighted by Crippen LogP contribution is 2.36. The second-order valence-corrected chi connectivity index (χ2v) is 11.1. The lowest BCUT2D eigenvalue weighted by Gasteiger charge is -2.33. The van der Waals surface area contributed by atoms with Crippen molar-refractivity contribution >= 4 is 22.8 Å². The van der Waals surface area contributed by atoms with Crippen LogP contribution in [-0.2, 0) is 4.79 Å². The summed E-state index contributed by atoms with van der Waals surface area (Å²) in [5, 5.41) is 24.5. The molecule has 41 heavy (non-hydrogen) atoms. The molecular formula is C30H30FN7O3. The molecule has 1 aliphatic rings. The maximum Gasteiger partial charge on any atom is 0.264 e. The molecule has 1 unspecified atom stereocenters. The zero-order valence-electron chi connectivity index (χ0n) is 23.0. The Hall–Kier alpha value is -4.98. The van der Waals surface area contributed by atoms with E-state index in [4.69, 9.17) is 15.6 Å². The van der Waals surface area contributed by atoms with E-state index in [2.05, 4.69) is 9.97 Å². The summed E-state index contributed by atoms with van der Waals surface area (Å²) >= 11 is 0. The number of rotatable bonds is 5. The fourth-order valence-corrected chi connectivity index (χ4v) is 4.96. The van der Waals surface area contributed by atoms with Gasteiger partial charge in [-0.05, 0) is 42.5 Å². The molecule has 2 aromatic carbocycles. The predicted molar refractivity (Wildman–Crippen MR) is 151 cm³/mol. The molecule has 0 spiro atoms. The van der Waals surface area contributed by atoms with Crippen LogP contribution in [0.2, 0.25) is 0 Å². The number of carbonyl (C=O) groups excluding carboxylic acids is 1. The van der Waals surface area contributed by atoms with Crippen molar-refractivity contribution in [1.29, 1.82) is 5.26 Å². The summed E-state index contributed by atoms with van der Waals surface area (Å²) in [5.74, 6) is -0.139. The van der Waals surface area contributed by atoms with Gasteiger partial charge in [0.15, 0.2) is 5.65 Å². The molecule has 10 nitrogen and oxygen atoms in total. The Morgan fingerprint density at radius 3 is 2.71 bits per heavy atom. The number of likely N-dealkylation sites (tertiary alicyclic amines) is 1. The Morgan fingerprint density at radius 1 is 1.22 bits per heavy atom. The van der Waals surface area contributed by atoms with Gasteiger partial charge in [0, 0.05) is 30.8 Å². The number of carbonyl (C=O) groups is 1. The van der Waals surface area contributed by atoms with Gasteiger partial charge < -0.3 is 20.5 Å². The average molecular weight is 556 g/mol. The van der Waals surface area contributed by atoms with Crippen LogP contribution in [0.25, 0.3) is 22.3 Å². The fraction of sp³-hybridized carbons (Fsp3) is 0.300. The Bertz CT molecular complexity index is 1700. The third-order valence-electron chi connectivity index (χ3n) is 6.72. The molecule has 5 rings (SSSR count). The fourth-order valence-electron chi connectivity index (χ4n) is 4.96. The summed E-state index contributed by atoms with van der Waals surface area (Å²) < 4.78 is 22.9. The summed E-state index contributed by atoms with van der Waals surface area (Å²) in [6, 6.07) is 12.4. The second kappa shape index (κ2) is 10.9. The number of anilines is 1. The Morgan fingerprint density at radius 2 is 2.00 bits per heavy atom. The van der Waals surface area contributed by atoms with Crippen LogP contribution in [0, 0.1) is 22.6 Å². The van der Waals surface area contributed by atoms with Gasteiger partial charge in [0.05, 0.1) is 11.4 Å². The Labute approximate surface area is 236 Å². The minimum atomic E-state index is -0.594. The van der Waals surface area contributed by atoms with Gasteiger partial charge in [-0.15, -0.1) is 0 Å². The number of aromatic nitrogens is 4. The number of allylic oxidation sites excluding steroid dienone is 1. The first-order valence-electron chi connectivity index (χ1n) is 13.2. The van der Waals surface area contributed by atoms with Crippen LogP contribution in [0.1, 0.15) is 39.7 Å². The first-order valence-corrected chi connectivity index (χ1v) is 13.2. The van der Waals surface area contributed by atoms with Gasteiger partial charge in [-0.25, -0.2) is 19.0 Å². The molecule has 210 valence electrons. The van der Waals surface area contributed by atoms with E-state index in [1.165, 1.54) is 24.5 Å². The molecule has 11 heteroatoms. The zero-order valence-corrected chi connectivity index (χ0v) is 23.0. The smallest absolute Gasteiger partial charge is 0.264 e. The molecule has 0 bridgehead atoms. The summed E-state index contributed by atoms with van der Waals surface area (Å²) in [6.07, 6.45) is 4.41. The van der Waals surface area contributed by atoms with Crippen LogP contribution in [0.15, 0.2) is 60.4 Å². The number of amides is 1. The molecule has 0 radical (unpaired) electrons. The van der Waals surface area contributed by atoms with Gasteiger partial charge in [0.25, 0.3) is 5.91 Å². The molecule has 3 heterocycles. The number of phenols is 1. The van der Waals surface area contributed by atoms with Gasteiger partial charge in [0.2, 0.25) is 0 Å². The third kappa shape index (κ3) is 5.82. The van der Waals surface area contributed by atoms with Crippen LogP contribution >= 0.6 is 0 Å². The lowest BCUT2D eigenvalue weighted by molar-refractivity contribution is -0.128. The molecular weight excluding hydrogens is 525 g/mol. The van der Waals surface area contributed by atoms with Crippen molar-refractivity contribution in [2.75, 3.05) is 18.8 Å². The van der Waals surface area contributed by atoms with Gasteiger partial charge in [-0.3, -0.25) is 4.79 Å². The molecule has 1 fully saturated rings. The van der Waals surface area contributed by atoms with Crippen molar-refractivity contribution in [3.63, 3.8) is 0 Å². The Kier molecular flexibility index (Phi) is 7.32.